The molecule has 1 heterocycles. The summed E-state index contributed by atoms with van der Waals surface area (Å²) in [6.45, 7) is 0.606. The van der Waals surface area contributed by atoms with E-state index in [9.17, 15) is 5.11 Å². The number of anilines is 2. The van der Waals surface area contributed by atoms with Gasteiger partial charge in [0.05, 0.1) is 12.7 Å². The first-order valence-corrected chi connectivity index (χ1v) is 5.08. The fourth-order valence-electron chi connectivity index (χ4n) is 1.32. The molecule has 0 radical (unpaired) electrons. The maximum atomic E-state index is 9.56. The number of likely N-dealkylation sites (N-methyl/N-ethyl adjacent to an activating group) is 1. The SMILES string of the molecule is COCC(O)CN(C)c1ncnc(Cl)c1N. The lowest BCUT2D eigenvalue weighted by Crippen LogP contribution is -2.32. The van der Waals surface area contributed by atoms with Gasteiger partial charge >= 0.3 is 0 Å². The van der Waals surface area contributed by atoms with E-state index in [0.717, 1.165) is 0 Å². The highest BCUT2D eigenvalue weighted by molar-refractivity contribution is 6.32. The van der Waals surface area contributed by atoms with Gasteiger partial charge in [0.2, 0.25) is 0 Å². The number of nitrogens with two attached hydrogens (primary N) is 1. The van der Waals surface area contributed by atoms with Crippen LogP contribution in [0.25, 0.3) is 0 Å². The summed E-state index contributed by atoms with van der Waals surface area (Å²) < 4.78 is 4.83. The van der Waals surface area contributed by atoms with Gasteiger partial charge in [0.1, 0.15) is 12.0 Å². The average Bonchev–Trinajstić information content (AvgIpc) is 2.22. The van der Waals surface area contributed by atoms with Gasteiger partial charge in [-0.05, 0) is 0 Å². The quantitative estimate of drug-likeness (QED) is 0.720. The van der Waals surface area contributed by atoms with Gasteiger partial charge in [-0.25, -0.2) is 9.97 Å². The van der Waals surface area contributed by atoms with Crippen molar-refractivity contribution in [2.24, 2.45) is 0 Å². The van der Waals surface area contributed by atoms with Gasteiger partial charge in [-0.15, -0.1) is 0 Å². The van der Waals surface area contributed by atoms with Crippen molar-refractivity contribution < 1.29 is 9.84 Å². The summed E-state index contributed by atoms with van der Waals surface area (Å²) in [5, 5.41) is 9.76. The van der Waals surface area contributed by atoms with Gasteiger partial charge in [0.15, 0.2) is 11.0 Å². The average molecular weight is 247 g/mol. The van der Waals surface area contributed by atoms with E-state index in [4.69, 9.17) is 22.1 Å². The van der Waals surface area contributed by atoms with Crippen LogP contribution in [0.2, 0.25) is 5.15 Å². The van der Waals surface area contributed by atoms with E-state index >= 15 is 0 Å². The number of rotatable bonds is 5. The van der Waals surface area contributed by atoms with Crippen molar-refractivity contribution >= 4 is 23.1 Å². The molecule has 0 aliphatic carbocycles. The molecule has 0 aliphatic heterocycles. The van der Waals surface area contributed by atoms with Crippen molar-refractivity contribution in [3.05, 3.63) is 11.5 Å². The molecule has 0 aromatic carbocycles. The van der Waals surface area contributed by atoms with Crippen molar-refractivity contribution in [3.8, 4) is 0 Å². The number of methoxy groups -OCH3 is 1. The first-order chi connectivity index (χ1) is 7.56. The molecule has 0 fully saturated rings. The van der Waals surface area contributed by atoms with Crippen LogP contribution < -0.4 is 10.6 Å². The number of aliphatic hydroxyl groups is 1. The highest BCUT2D eigenvalue weighted by Gasteiger charge is 2.14. The van der Waals surface area contributed by atoms with Crippen LogP contribution in [0.4, 0.5) is 11.5 Å². The van der Waals surface area contributed by atoms with E-state index in [-0.39, 0.29) is 11.8 Å². The molecule has 0 aliphatic rings. The minimum Gasteiger partial charge on any atom is -0.393 e. The maximum absolute atomic E-state index is 9.56. The smallest absolute Gasteiger partial charge is 0.157 e. The predicted octanol–water partition coefficient (Wildman–Crippen LogP) is 0.156. The topological polar surface area (TPSA) is 84.5 Å². The summed E-state index contributed by atoms with van der Waals surface area (Å²) in [5.74, 6) is 0.496. The lowest BCUT2D eigenvalue weighted by molar-refractivity contribution is 0.0694. The highest BCUT2D eigenvalue weighted by atomic mass is 35.5. The van der Waals surface area contributed by atoms with Crippen LogP contribution >= 0.6 is 11.6 Å². The number of hydrogen-bond donors (Lipinski definition) is 2. The van der Waals surface area contributed by atoms with Crippen LogP contribution in [-0.2, 0) is 4.74 Å². The van der Waals surface area contributed by atoms with Crippen molar-refractivity contribution in [2.45, 2.75) is 6.10 Å². The molecule has 16 heavy (non-hydrogen) atoms. The second-order valence-electron chi connectivity index (χ2n) is 3.39. The monoisotopic (exact) mass is 246 g/mol. The number of aromatic nitrogens is 2. The lowest BCUT2D eigenvalue weighted by Gasteiger charge is -2.22. The Morgan fingerprint density at radius 3 is 2.94 bits per heavy atom. The molecule has 3 N–H and O–H groups in total. The number of hydrogen-bond acceptors (Lipinski definition) is 6. The Kier molecular flexibility index (Phi) is 4.72. The molecular formula is C9H15ClN4O2. The Labute approximate surface area is 99.0 Å². The summed E-state index contributed by atoms with van der Waals surface area (Å²) in [5.41, 5.74) is 6.02. The van der Waals surface area contributed by atoms with Gasteiger partial charge < -0.3 is 20.5 Å². The number of ether oxygens (including phenoxy) is 1. The molecule has 0 saturated heterocycles. The van der Waals surface area contributed by atoms with E-state index in [1.165, 1.54) is 13.4 Å². The molecule has 0 amide bonds. The fraction of sp³-hybridized carbons (Fsp3) is 0.556. The molecule has 0 bridgehead atoms. The van der Waals surface area contributed by atoms with Crippen LogP contribution in [0.3, 0.4) is 0 Å². The largest absolute Gasteiger partial charge is 0.393 e. The number of halogens is 1. The first kappa shape index (κ1) is 13.0. The Balaban J connectivity index is 2.72. The molecule has 0 spiro atoms. The molecule has 6 nitrogen and oxygen atoms in total. The summed E-state index contributed by atoms with van der Waals surface area (Å²) in [6.07, 6.45) is 0.718. The van der Waals surface area contributed by atoms with E-state index in [2.05, 4.69) is 9.97 Å². The zero-order valence-electron chi connectivity index (χ0n) is 9.22. The molecule has 0 saturated carbocycles. The van der Waals surface area contributed by atoms with Crippen molar-refractivity contribution in [3.63, 3.8) is 0 Å². The molecule has 1 aromatic rings. The zero-order valence-corrected chi connectivity index (χ0v) is 9.98. The summed E-state index contributed by atoms with van der Waals surface area (Å²) in [7, 11) is 3.28. The second kappa shape index (κ2) is 5.83. The summed E-state index contributed by atoms with van der Waals surface area (Å²) in [4.78, 5) is 9.46. The van der Waals surface area contributed by atoms with Crippen LogP contribution in [0, 0.1) is 0 Å². The molecule has 7 heteroatoms. The van der Waals surface area contributed by atoms with Crippen molar-refractivity contribution in [1.82, 2.24) is 9.97 Å². The van der Waals surface area contributed by atoms with Crippen LogP contribution in [0.15, 0.2) is 6.33 Å². The normalized spacial score (nSPS) is 12.5. The Bertz CT molecular complexity index is 350. The second-order valence-corrected chi connectivity index (χ2v) is 3.75. The van der Waals surface area contributed by atoms with E-state index in [0.29, 0.717) is 18.1 Å². The van der Waals surface area contributed by atoms with Gasteiger partial charge in [0.25, 0.3) is 0 Å². The van der Waals surface area contributed by atoms with Crippen LogP contribution in [0.1, 0.15) is 0 Å². The fourth-order valence-corrected chi connectivity index (χ4v) is 1.45. The predicted molar refractivity (Wildman–Crippen MR) is 62.6 cm³/mol. The minimum absolute atomic E-state index is 0.207. The van der Waals surface area contributed by atoms with Crippen LogP contribution in [0.5, 0.6) is 0 Å². The van der Waals surface area contributed by atoms with Crippen molar-refractivity contribution in [2.75, 3.05) is 37.9 Å². The Morgan fingerprint density at radius 1 is 1.62 bits per heavy atom. The third kappa shape index (κ3) is 3.19. The van der Waals surface area contributed by atoms with Gasteiger partial charge in [-0.1, -0.05) is 11.6 Å². The van der Waals surface area contributed by atoms with Gasteiger partial charge in [-0.2, -0.15) is 0 Å². The molecule has 1 aromatic heterocycles. The minimum atomic E-state index is -0.608. The van der Waals surface area contributed by atoms with Gasteiger partial charge in [0, 0.05) is 20.7 Å². The molecule has 1 unspecified atom stereocenters. The van der Waals surface area contributed by atoms with Gasteiger partial charge in [-0.3, -0.25) is 0 Å². The van der Waals surface area contributed by atoms with Crippen molar-refractivity contribution in [1.29, 1.82) is 0 Å². The lowest BCUT2D eigenvalue weighted by atomic mass is 10.3. The summed E-state index contributed by atoms with van der Waals surface area (Å²) >= 11 is 5.77. The highest BCUT2D eigenvalue weighted by Crippen LogP contribution is 2.24. The van der Waals surface area contributed by atoms with E-state index in [1.54, 1.807) is 11.9 Å². The Hall–Kier alpha value is -1.11. The standard InChI is InChI=1S/C9H15ClN4O2/c1-14(3-6(15)4-16-2)9-7(11)8(10)12-5-13-9/h5-6,15H,3-4,11H2,1-2H3. The number of aliphatic hydroxyl groups excluding tert-OH is 1. The first-order valence-electron chi connectivity index (χ1n) is 4.70. The van der Waals surface area contributed by atoms with E-state index in [1.807, 2.05) is 0 Å². The maximum Gasteiger partial charge on any atom is 0.157 e. The number of nitrogen functional groups attached to an aromatic ring is 1. The zero-order chi connectivity index (χ0) is 12.1. The molecular weight excluding hydrogens is 232 g/mol. The van der Waals surface area contributed by atoms with Crippen LogP contribution in [-0.4, -0.2) is 48.5 Å². The molecule has 1 rings (SSSR count). The molecule has 90 valence electrons. The van der Waals surface area contributed by atoms with E-state index < -0.39 is 6.10 Å². The number of nitrogens with zero attached hydrogens (tertiary/aromatic N) is 3. The third-order valence-electron chi connectivity index (χ3n) is 2.02. The third-order valence-corrected chi connectivity index (χ3v) is 2.32. The molecule has 1 atom stereocenters. The Morgan fingerprint density at radius 2 is 2.31 bits per heavy atom. The summed E-state index contributed by atoms with van der Waals surface area (Å²) in [6, 6.07) is 0.